The summed E-state index contributed by atoms with van der Waals surface area (Å²) in [6, 6.07) is 2.08. The highest BCUT2D eigenvalue weighted by molar-refractivity contribution is 5.30. The van der Waals surface area contributed by atoms with E-state index in [9.17, 15) is 15.5 Å². The van der Waals surface area contributed by atoms with Crippen LogP contribution in [0.25, 0.3) is 0 Å². The predicted molar refractivity (Wildman–Crippen MR) is 98.3 cm³/mol. The van der Waals surface area contributed by atoms with Gasteiger partial charge in [0.1, 0.15) is 6.07 Å². The molecule has 0 aromatic carbocycles. The van der Waals surface area contributed by atoms with E-state index < -0.39 is 22.9 Å². The van der Waals surface area contributed by atoms with Gasteiger partial charge >= 0.3 is 0 Å². The van der Waals surface area contributed by atoms with Crippen LogP contribution in [-0.2, 0) is 9.47 Å². The number of nitriles is 1. The number of aliphatic hydroxyl groups excluding tert-OH is 1. The van der Waals surface area contributed by atoms with Gasteiger partial charge in [-0.2, -0.15) is 5.26 Å². The fourth-order valence-corrected chi connectivity index (χ4v) is 7.57. The molecule has 27 heavy (non-hydrogen) atoms. The van der Waals surface area contributed by atoms with Gasteiger partial charge in [-0.3, -0.25) is 0 Å². The standard InChI is InChI=1S/C22H31NO4/c1-19-7-8-21(26-9-10-27-21)12-14(19)3-4-15-16(19)5-6-20(2)17(15)11-18(24)22(20,25)13-23/h3,15-18,24-25H,4-12H2,1-2H3/t15-,16-,17+,18+,19-,20-,22+/m0/s1. The van der Waals surface area contributed by atoms with E-state index in [0.29, 0.717) is 31.5 Å². The summed E-state index contributed by atoms with van der Waals surface area (Å²) in [6.07, 6.45) is 7.67. The van der Waals surface area contributed by atoms with E-state index in [1.165, 1.54) is 5.57 Å². The van der Waals surface area contributed by atoms with Gasteiger partial charge in [0.15, 0.2) is 11.4 Å². The van der Waals surface area contributed by atoms with E-state index in [0.717, 1.165) is 38.5 Å². The van der Waals surface area contributed by atoms with Gasteiger partial charge in [0.05, 0.1) is 19.3 Å². The highest BCUT2D eigenvalue weighted by atomic mass is 16.7. The van der Waals surface area contributed by atoms with Crippen molar-refractivity contribution in [1.29, 1.82) is 5.26 Å². The molecule has 3 saturated carbocycles. The van der Waals surface area contributed by atoms with E-state index in [1.54, 1.807) is 0 Å². The van der Waals surface area contributed by atoms with Crippen molar-refractivity contribution < 1.29 is 19.7 Å². The summed E-state index contributed by atoms with van der Waals surface area (Å²) >= 11 is 0. The van der Waals surface area contributed by atoms with Gasteiger partial charge in [0.2, 0.25) is 0 Å². The van der Waals surface area contributed by atoms with Crippen molar-refractivity contribution in [3.63, 3.8) is 0 Å². The Morgan fingerprint density at radius 1 is 1.15 bits per heavy atom. The normalized spacial score (nSPS) is 53.2. The first kappa shape index (κ1) is 18.1. The van der Waals surface area contributed by atoms with Gasteiger partial charge in [-0.1, -0.05) is 25.5 Å². The lowest BCUT2D eigenvalue weighted by Gasteiger charge is -2.59. The molecule has 0 amide bonds. The fraction of sp³-hybridized carbons (Fsp3) is 0.864. The number of rotatable bonds is 0. The Hall–Kier alpha value is -0.930. The molecular weight excluding hydrogens is 342 g/mol. The first-order valence-electron chi connectivity index (χ1n) is 10.6. The van der Waals surface area contributed by atoms with Crippen LogP contribution in [0, 0.1) is 39.9 Å². The molecule has 5 nitrogen and oxygen atoms in total. The first-order chi connectivity index (χ1) is 12.8. The van der Waals surface area contributed by atoms with Crippen molar-refractivity contribution in [2.75, 3.05) is 13.2 Å². The zero-order valence-corrected chi connectivity index (χ0v) is 16.4. The Morgan fingerprint density at radius 2 is 1.89 bits per heavy atom. The minimum Gasteiger partial charge on any atom is -0.389 e. The average Bonchev–Trinajstić information content (AvgIpc) is 3.19. The largest absolute Gasteiger partial charge is 0.389 e. The van der Waals surface area contributed by atoms with E-state index in [1.807, 2.05) is 6.92 Å². The molecule has 0 unspecified atom stereocenters. The molecule has 4 aliphatic carbocycles. The zero-order chi connectivity index (χ0) is 19.1. The Balaban J connectivity index is 1.48. The maximum atomic E-state index is 11.0. The minimum absolute atomic E-state index is 0.142. The molecule has 1 aliphatic heterocycles. The van der Waals surface area contributed by atoms with Crippen molar-refractivity contribution in [3.8, 4) is 6.07 Å². The van der Waals surface area contributed by atoms with Crippen LogP contribution in [0.4, 0.5) is 0 Å². The van der Waals surface area contributed by atoms with Gasteiger partial charge in [0.25, 0.3) is 0 Å². The van der Waals surface area contributed by atoms with Crippen LogP contribution in [0.15, 0.2) is 11.6 Å². The van der Waals surface area contributed by atoms with Crippen LogP contribution in [0.5, 0.6) is 0 Å². The van der Waals surface area contributed by atoms with Crippen molar-refractivity contribution >= 4 is 0 Å². The summed E-state index contributed by atoms with van der Waals surface area (Å²) in [5.74, 6) is 0.767. The Morgan fingerprint density at radius 3 is 2.59 bits per heavy atom. The molecule has 0 radical (unpaired) electrons. The molecule has 0 aromatic heterocycles. The third-order valence-electron chi connectivity index (χ3n) is 9.31. The molecule has 5 aliphatic rings. The molecule has 0 aromatic rings. The second-order valence-electron chi connectivity index (χ2n) is 10.1. The third-order valence-corrected chi connectivity index (χ3v) is 9.31. The van der Waals surface area contributed by atoms with Crippen molar-refractivity contribution in [2.45, 2.75) is 76.3 Å². The summed E-state index contributed by atoms with van der Waals surface area (Å²) in [6.45, 7) is 5.83. The van der Waals surface area contributed by atoms with Gasteiger partial charge < -0.3 is 19.7 Å². The molecule has 5 rings (SSSR count). The fourth-order valence-electron chi connectivity index (χ4n) is 7.57. The van der Waals surface area contributed by atoms with Gasteiger partial charge in [0, 0.05) is 18.3 Å². The van der Waals surface area contributed by atoms with E-state index in [4.69, 9.17) is 9.47 Å². The highest BCUT2D eigenvalue weighted by Gasteiger charge is 2.68. The number of ether oxygens (including phenoxy) is 2. The molecule has 0 bridgehead atoms. The molecule has 1 saturated heterocycles. The second kappa shape index (κ2) is 5.57. The number of fused-ring (bicyclic) bond motifs is 5. The molecular formula is C22H31NO4. The van der Waals surface area contributed by atoms with Crippen LogP contribution in [-0.4, -0.2) is 40.9 Å². The quantitative estimate of drug-likeness (QED) is 0.504. The lowest BCUT2D eigenvalue weighted by Crippen LogP contribution is -2.56. The maximum absolute atomic E-state index is 11.0. The van der Waals surface area contributed by atoms with Crippen LogP contribution in [0.1, 0.15) is 58.8 Å². The van der Waals surface area contributed by atoms with Crippen LogP contribution in [0.2, 0.25) is 0 Å². The van der Waals surface area contributed by atoms with Gasteiger partial charge in [-0.25, -0.2) is 0 Å². The van der Waals surface area contributed by atoms with E-state index in [2.05, 4.69) is 19.1 Å². The predicted octanol–water partition coefficient (Wildman–Crippen LogP) is 2.92. The summed E-state index contributed by atoms with van der Waals surface area (Å²) < 4.78 is 12.0. The van der Waals surface area contributed by atoms with Crippen molar-refractivity contribution in [2.24, 2.45) is 28.6 Å². The molecule has 5 heteroatoms. The highest BCUT2D eigenvalue weighted by Crippen LogP contribution is 2.67. The Kier molecular flexibility index (Phi) is 3.74. The van der Waals surface area contributed by atoms with Crippen LogP contribution in [0.3, 0.4) is 0 Å². The number of hydrogen-bond donors (Lipinski definition) is 2. The summed E-state index contributed by atoms with van der Waals surface area (Å²) in [5.41, 5.74) is -0.509. The number of hydrogen-bond acceptors (Lipinski definition) is 5. The number of aliphatic hydroxyl groups is 2. The van der Waals surface area contributed by atoms with E-state index >= 15 is 0 Å². The third kappa shape index (κ3) is 2.13. The summed E-state index contributed by atoms with van der Waals surface area (Å²) in [7, 11) is 0. The van der Waals surface area contributed by atoms with Crippen molar-refractivity contribution in [3.05, 3.63) is 11.6 Å². The van der Waals surface area contributed by atoms with Crippen LogP contribution >= 0.6 is 0 Å². The molecule has 1 heterocycles. The van der Waals surface area contributed by atoms with Gasteiger partial charge in [-0.15, -0.1) is 0 Å². The lowest BCUT2D eigenvalue weighted by atomic mass is 9.47. The smallest absolute Gasteiger partial charge is 0.182 e. The summed E-state index contributed by atoms with van der Waals surface area (Å²) in [5, 5.41) is 31.2. The van der Waals surface area contributed by atoms with Crippen molar-refractivity contribution in [1.82, 2.24) is 0 Å². The topological polar surface area (TPSA) is 82.7 Å². The SMILES string of the molecule is C[C@]12CCC3(CC1=CC[C@@H]1[C@H]4C[C@@H](O)[C@](O)(C#N)[C@@]4(C)CC[C@@H]12)OCCO3. The van der Waals surface area contributed by atoms with E-state index in [-0.39, 0.29) is 11.3 Å². The number of allylic oxidation sites excluding steroid dienone is 1. The monoisotopic (exact) mass is 373 g/mol. The molecule has 7 atom stereocenters. The lowest BCUT2D eigenvalue weighted by molar-refractivity contribution is -0.187. The van der Waals surface area contributed by atoms with Gasteiger partial charge in [-0.05, 0) is 55.3 Å². The average molecular weight is 373 g/mol. The molecule has 1 spiro atoms. The maximum Gasteiger partial charge on any atom is 0.182 e. The Bertz CT molecular complexity index is 722. The summed E-state index contributed by atoms with van der Waals surface area (Å²) in [4.78, 5) is 0. The van der Waals surface area contributed by atoms with Crippen LogP contribution < -0.4 is 0 Å². The zero-order valence-electron chi connectivity index (χ0n) is 16.4. The first-order valence-corrected chi connectivity index (χ1v) is 10.6. The number of nitrogens with zero attached hydrogens (tertiary/aromatic N) is 1. The Labute approximate surface area is 161 Å². The molecule has 4 fully saturated rings. The minimum atomic E-state index is -1.62. The second-order valence-corrected chi connectivity index (χ2v) is 10.1. The molecule has 148 valence electrons. The molecule has 2 N–H and O–H groups in total.